The molecule has 2 aliphatic carbocycles. The van der Waals surface area contributed by atoms with Crippen molar-refractivity contribution >= 4 is 38.2 Å². The van der Waals surface area contributed by atoms with E-state index in [2.05, 4.69) is 5.32 Å². The van der Waals surface area contributed by atoms with E-state index >= 15 is 0 Å². The maximum absolute atomic E-state index is 13.0. The van der Waals surface area contributed by atoms with E-state index in [0.29, 0.717) is 16.1 Å². The van der Waals surface area contributed by atoms with Gasteiger partial charge in [0.1, 0.15) is 5.00 Å². The summed E-state index contributed by atoms with van der Waals surface area (Å²) in [7, 11) is -0.652. The van der Waals surface area contributed by atoms with Gasteiger partial charge in [-0.3, -0.25) is 4.79 Å². The minimum Gasteiger partial charge on any atom is -0.465 e. The van der Waals surface area contributed by atoms with E-state index < -0.39 is 16.0 Å². The molecule has 0 unspecified atom stereocenters. The molecule has 1 N–H and O–H groups in total. The first-order valence-electron chi connectivity index (χ1n) is 10.9. The second kappa shape index (κ2) is 9.33. The summed E-state index contributed by atoms with van der Waals surface area (Å²) in [5.41, 5.74) is 1.73. The van der Waals surface area contributed by atoms with Crippen LogP contribution in [0.3, 0.4) is 0 Å². The SMILES string of the molecule is COC(=O)c1c(NC(=O)c2ccc(S(=O)(=O)N(C)C3CCCCC3)cc2)sc2c1CCC2. The number of thiophene rings is 1. The first kappa shape index (κ1) is 22.9. The Hall–Kier alpha value is -2.23. The van der Waals surface area contributed by atoms with Crippen LogP contribution in [0.4, 0.5) is 5.00 Å². The highest BCUT2D eigenvalue weighted by Crippen LogP contribution is 2.39. The third kappa shape index (κ3) is 4.33. The number of amides is 1. The van der Waals surface area contributed by atoms with Crippen molar-refractivity contribution in [1.82, 2.24) is 4.31 Å². The van der Waals surface area contributed by atoms with E-state index in [4.69, 9.17) is 4.74 Å². The Balaban J connectivity index is 1.51. The third-order valence-electron chi connectivity index (χ3n) is 6.42. The standard InChI is InChI=1S/C23H28N2O5S2/c1-25(16-7-4-3-5-8-16)32(28,29)17-13-11-15(12-14-17)21(26)24-22-20(23(27)30-2)18-9-6-10-19(18)31-22/h11-14,16H,3-10H2,1-2H3,(H,24,26). The number of ether oxygens (including phenoxy) is 1. The number of methoxy groups -OCH3 is 1. The molecular weight excluding hydrogens is 448 g/mol. The first-order chi connectivity index (χ1) is 15.3. The lowest BCUT2D eigenvalue weighted by atomic mass is 9.96. The molecule has 32 heavy (non-hydrogen) atoms. The van der Waals surface area contributed by atoms with Crippen molar-refractivity contribution in [2.24, 2.45) is 0 Å². The summed E-state index contributed by atoms with van der Waals surface area (Å²) < 4.78 is 32.4. The average Bonchev–Trinajstić information content (AvgIpc) is 3.39. The molecule has 9 heteroatoms. The zero-order valence-electron chi connectivity index (χ0n) is 18.3. The van der Waals surface area contributed by atoms with Gasteiger partial charge in [0.05, 0.1) is 17.6 Å². The molecule has 7 nitrogen and oxygen atoms in total. The van der Waals surface area contributed by atoms with Crippen LogP contribution < -0.4 is 5.32 Å². The van der Waals surface area contributed by atoms with Gasteiger partial charge in [0, 0.05) is 23.5 Å². The molecule has 2 aliphatic rings. The zero-order chi connectivity index (χ0) is 22.9. The van der Waals surface area contributed by atoms with Gasteiger partial charge in [-0.05, 0) is 61.9 Å². The first-order valence-corrected chi connectivity index (χ1v) is 13.2. The van der Waals surface area contributed by atoms with Gasteiger partial charge in [-0.25, -0.2) is 13.2 Å². The fraction of sp³-hybridized carbons (Fsp3) is 0.478. The largest absolute Gasteiger partial charge is 0.465 e. The Morgan fingerprint density at radius 3 is 2.41 bits per heavy atom. The molecule has 0 radical (unpaired) electrons. The summed E-state index contributed by atoms with van der Waals surface area (Å²) in [5, 5.41) is 3.31. The Bertz CT molecular complexity index is 1120. The normalized spacial score (nSPS) is 16.7. The highest BCUT2D eigenvalue weighted by molar-refractivity contribution is 7.89. The van der Waals surface area contributed by atoms with Crippen LogP contribution >= 0.6 is 11.3 Å². The minimum atomic E-state index is -3.62. The number of anilines is 1. The molecule has 1 fully saturated rings. The molecule has 1 saturated carbocycles. The van der Waals surface area contributed by atoms with Gasteiger partial charge in [0.15, 0.2) is 0 Å². The predicted molar refractivity (Wildman–Crippen MR) is 124 cm³/mol. The maximum atomic E-state index is 13.0. The number of benzene rings is 1. The zero-order valence-corrected chi connectivity index (χ0v) is 20.0. The summed E-state index contributed by atoms with van der Waals surface area (Å²) in [6.07, 6.45) is 7.68. The van der Waals surface area contributed by atoms with Crippen LogP contribution in [0.15, 0.2) is 29.2 Å². The lowest BCUT2D eigenvalue weighted by Gasteiger charge is -2.30. The highest BCUT2D eigenvalue weighted by Gasteiger charge is 2.30. The second-order valence-corrected chi connectivity index (χ2v) is 11.4. The number of nitrogens with zero attached hydrogens (tertiary/aromatic N) is 1. The predicted octanol–water partition coefficient (Wildman–Crippen LogP) is 4.23. The van der Waals surface area contributed by atoms with Crippen molar-refractivity contribution in [2.75, 3.05) is 19.5 Å². The number of aryl methyl sites for hydroxylation is 1. The van der Waals surface area contributed by atoms with Crippen molar-refractivity contribution < 1.29 is 22.7 Å². The van der Waals surface area contributed by atoms with Gasteiger partial charge < -0.3 is 10.1 Å². The van der Waals surface area contributed by atoms with E-state index in [1.54, 1.807) is 7.05 Å². The van der Waals surface area contributed by atoms with Crippen LogP contribution in [0, 0.1) is 0 Å². The quantitative estimate of drug-likeness (QED) is 0.630. The fourth-order valence-corrected chi connectivity index (χ4v) is 7.26. The monoisotopic (exact) mass is 476 g/mol. The molecule has 1 aromatic heterocycles. The number of fused-ring (bicyclic) bond motifs is 1. The van der Waals surface area contributed by atoms with Crippen molar-refractivity contribution in [3.63, 3.8) is 0 Å². The molecule has 4 rings (SSSR count). The average molecular weight is 477 g/mol. The van der Waals surface area contributed by atoms with E-state index in [9.17, 15) is 18.0 Å². The summed E-state index contributed by atoms with van der Waals surface area (Å²) >= 11 is 1.41. The Morgan fingerprint density at radius 1 is 1.06 bits per heavy atom. The van der Waals surface area contributed by atoms with E-state index in [1.807, 2.05) is 0 Å². The molecule has 172 valence electrons. The van der Waals surface area contributed by atoms with Gasteiger partial charge in [-0.15, -0.1) is 11.3 Å². The molecule has 0 bridgehead atoms. The topological polar surface area (TPSA) is 92.8 Å². The molecular formula is C23H28N2O5S2. The van der Waals surface area contributed by atoms with Crippen LogP contribution in [0.5, 0.6) is 0 Å². The van der Waals surface area contributed by atoms with Crippen molar-refractivity contribution in [1.29, 1.82) is 0 Å². The third-order valence-corrected chi connectivity index (χ3v) is 9.55. The lowest BCUT2D eigenvalue weighted by Crippen LogP contribution is -2.38. The van der Waals surface area contributed by atoms with Crippen LogP contribution in [0.1, 0.15) is 69.7 Å². The van der Waals surface area contributed by atoms with Gasteiger partial charge in [-0.1, -0.05) is 19.3 Å². The summed E-state index contributed by atoms with van der Waals surface area (Å²) in [6, 6.07) is 5.99. The van der Waals surface area contributed by atoms with E-state index in [-0.39, 0.29) is 16.8 Å². The molecule has 1 aromatic carbocycles. The maximum Gasteiger partial charge on any atom is 0.341 e. The number of rotatable bonds is 6. The number of sulfonamides is 1. The molecule has 0 aliphatic heterocycles. The van der Waals surface area contributed by atoms with E-state index in [0.717, 1.165) is 61.8 Å². The number of esters is 1. The van der Waals surface area contributed by atoms with Crippen LogP contribution in [-0.4, -0.2) is 44.8 Å². The lowest BCUT2D eigenvalue weighted by molar-refractivity contribution is 0.0601. The van der Waals surface area contributed by atoms with Crippen molar-refractivity contribution in [3.05, 3.63) is 45.8 Å². The summed E-state index contributed by atoms with van der Waals surface area (Å²) in [4.78, 5) is 26.4. The molecule has 0 atom stereocenters. The summed E-state index contributed by atoms with van der Waals surface area (Å²) in [6.45, 7) is 0. The fourth-order valence-electron chi connectivity index (χ4n) is 4.57. The molecule has 1 amide bonds. The minimum absolute atomic E-state index is 0.0225. The molecule has 2 aromatic rings. The number of nitrogens with one attached hydrogen (secondary N) is 1. The second-order valence-electron chi connectivity index (χ2n) is 8.34. The number of carbonyl (C=O) groups is 2. The molecule has 0 saturated heterocycles. The molecule has 1 heterocycles. The van der Waals surface area contributed by atoms with Gasteiger partial charge in [0.2, 0.25) is 10.0 Å². The number of carbonyl (C=O) groups excluding carboxylic acids is 2. The Morgan fingerprint density at radius 2 is 1.75 bits per heavy atom. The Kier molecular flexibility index (Phi) is 6.69. The highest BCUT2D eigenvalue weighted by atomic mass is 32.2. The summed E-state index contributed by atoms with van der Waals surface area (Å²) in [5.74, 6) is -0.841. The van der Waals surface area contributed by atoms with Crippen LogP contribution in [0.25, 0.3) is 0 Å². The van der Waals surface area contributed by atoms with Gasteiger partial charge >= 0.3 is 5.97 Å². The number of hydrogen-bond acceptors (Lipinski definition) is 6. The van der Waals surface area contributed by atoms with Crippen LogP contribution in [0.2, 0.25) is 0 Å². The van der Waals surface area contributed by atoms with Crippen molar-refractivity contribution in [3.8, 4) is 0 Å². The van der Waals surface area contributed by atoms with Gasteiger partial charge in [0.25, 0.3) is 5.91 Å². The van der Waals surface area contributed by atoms with Crippen LogP contribution in [-0.2, 0) is 27.6 Å². The Labute approximate surface area is 192 Å². The van der Waals surface area contributed by atoms with Gasteiger partial charge in [-0.2, -0.15) is 4.31 Å². The smallest absolute Gasteiger partial charge is 0.341 e. The van der Waals surface area contributed by atoms with Crippen molar-refractivity contribution in [2.45, 2.75) is 62.3 Å². The molecule has 0 spiro atoms. The van der Waals surface area contributed by atoms with E-state index in [1.165, 1.54) is 47.0 Å². The number of hydrogen-bond donors (Lipinski definition) is 1.